The van der Waals surface area contributed by atoms with Crippen LogP contribution in [0, 0.1) is 0 Å². The highest BCUT2D eigenvalue weighted by Gasteiger charge is 2.08. The molecule has 2 heteroatoms. The van der Waals surface area contributed by atoms with Crippen molar-refractivity contribution in [3.63, 3.8) is 0 Å². The molecular formula is C11H23NO. The van der Waals surface area contributed by atoms with Crippen molar-refractivity contribution < 1.29 is 5.11 Å². The molecule has 0 spiro atoms. The van der Waals surface area contributed by atoms with Gasteiger partial charge in [0, 0.05) is 25.7 Å². The van der Waals surface area contributed by atoms with E-state index in [0.29, 0.717) is 6.04 Å². The highest BCUT2D eigenvalue weighted by atomic mass is 16.3. The minimum Gasteiger partial charge on any atom is -0.396 e. The van der Waals surface area contributed by atoms with Crippen molar-refractivity contribution >= 4 is 0 Å². The molecule has 0 aromatic heterocycles. The van der Waals surface area contributed by atoms with Gasteiger partial charge < -0.3 is 5.11 Å². The molecule has 0 atom stereocenters. The summed E-state index contributed by atoms with van der Waals surface area (Å²) < 4.78 is 0. The Morgan fingerprint density at radius 1 is 1.46 bits per heavy atom. The summed E-state index contributed by atoms with van der Waals surface area (Å²) in [7, 11) is 0. The van der Waals surface area contributed by atoms with Crippen molar-refractivity contribution in [3.05, 3.63) is 12.2 Å². The standard InChI is InChI=1S/C11H23NO/c1-5-11(4)9-12(10(2)3)7-6-8-13/h10,13H,4-9H2,1-3H3. The first-order chi connectivity index (χ1) is 6.11. The molecule has 0 radical (unpaired) electrons. The molecule has 0 fully saturated rings. The van der Waals surface area contributed by atoms with Gasteiger partial charge in [0.05, 0.1) is 0 Å². The van der Waals surface area contributed by atoms with E-state index in [9.17, 15) is 0 Å². The molecule has 1 N–H and O–H groups in total. The Balaban J connectivity index is 3.87. The molecule has 13 heavy (non-hydrogen) atoms. The number of hydrogen-bond donors (Lipinski definition) is 1. The van der Waals surface area contributed by atoms with Crippen LogP contribution in [0.25, 0.3) is 0 Å². The minimum atomic E-state index is 0.280. The Kier molecular flexibility index (Phi) is 6.92. The third kappa shape index (κ3) is 5.83. The fourth-order valence-electron chi connectivity index (χ4n) is 1.19. The van der Waals surface area contributed by atoms with Gasteiger partial charge in [-0.3, -0.25) is 4.90 Å². The summed E-state index contributed by atoms with van der Waals surface area (Å²) >= 11 is 0. The quantitative estimate of drug-likeness (QED) is 0.614. The van der Waals surface area contributed by atoms with Crippen molar-refractivity contribution in [2.75, 3.05) is 19.7 Å². The van der Waals surface area contributed by atoms with E-state index in [1.807, 2.05) is 0 Å². The molecule has 0 unspecified atom stereocenters. The molecule has 0 saturated heterocycles. The summed E-state index contributed by atoms with van der Waals surface area (Å²) in [6, 6.07) is 0.537. The zero-order chi connectivity index (χ0) is 10.3. The Hall–Kier alpha value is -0.340. The molecule has 0 saturated carbocycles. The average molecular weight is 185 g/mol. The topological polar surface area (TPSA) is 23.5 Å². The van der Waals surface area contributed by atoms with Gasteiger partial charge in [0.15, 0.2) is 0 Å². The zero-order valence-corrected chi connectivity index (χ0v) is 9.21. The Morgan fingerprint density at radius 3 is 2.46 bits per heavy atom. The van der Waals surface area contributed by atoms with E-state index in [2.05, 4.69) is 32.3 Å². The average Bonchev–Trinajstić information content (AvgIpc) is 2.11. The third-order valence-corrected chi connectivity index (χ3v) is 2.26. The Labute approximate surface area is 82.3 Å². The number of rotatable bonds is 7. The van der Waals surface area contributed by atoms with E-state index < -0.39 is 0 Å². The summed E-state index contributed by atoms with van der Waals surface area (Å²) in [6.07, 6.45) is 1.90. The summed E-state index contributed by atoms with van der Waals surface area (Å²) in [4.78, 5) is 2.35. The highest BCUT2D eigenvalue weighted by Crippen LogP contribution is 2.06. The summed E-state index contributed by atoms with van der Waals surface area (Å²) in [6.45, 7) is 12.7. The van der Waals surface area contributed by atoms with Gasteiger partial charge in [0.2, 0.25) is 0 Å². The predicted octanol–water partition coefficient (Wildman–Crippen LogP) is 2.05. The molecular weight excluding hydrogens is 162 g/mol. The number of nitrogens with zero attached hydrogens (tertiary/aromatic N) is 1. The second-order valence-electron chi connectivity index (χ2n) is 3.74. The fraction of sp³-hybridized carbons (Fsp3) is 0.818. The molecule has 2 nitrogen and oxygen atoms in total. The molecule has 0 aromatic carbocycles. The summed E-state index contributed by atoms with van der Waals surface area (Å²) in [5.74, 6) is 0. The van der Waals surface area contributed by atoms with Crippen LogP contribution in [-0.2, 0) is 0 Å². The zero-order valence-electron chi connectivity index (χ0n) is 9.21. The van der Waals surface area contributed by atoms with E-state index >= 15 is 0 Å². The highest BCUT2D eigenvalue weighted by molar-refractivity contribution is 4.96. The fourth-order valence-corrected chi connectivity index (χ4v) is 1.19. The molecule has 0 rings (SSSR count). The summed E-state index contributed by atoms with van der Waals surface area (Å²) in [5, 5.41) is 8.74. The van der Waals surface area contributed by atoms with Crippen LogP contribution in [0.4, 0.5) is 0 Å². The van der Waals surface area contributed by atoms with Gasteiger partial charge in [-0.15, -0.1) is 0 Å². The maximum Gasteiger partial charge on any atom is 0.0443 e. The lowest BCUT2D eigenvalue weighted by Crippen LogP contribution is -2.33. The smallest absolute Gasteiger partial charge is 0.0443 e. The second-order valence-corrected chi connectivity index (χ2v) is 3.74. The van der Waals surface area contributed by atoms with Crippen LogP contribution in [0.15, 0.2) is 12.2 Å². The van der Waals surface area contributed by atoms with Crippen LogP contribution in [0.3, 0.4) is 0 Å². The maximum absolute atomic E-state index is 8.74. The van der Waals surface area contributed by atoms with E-state index in [1.54, 1.807) is 0 Å². The lowest BCUT2D eigenvalue weighted by Gasteiger charge is -2.26. The molecule has 0 heterocycles. The maximum atomic E-state index is 8.74. The van der Waals surface area contributed by atoms with Gasteiger partial charge in [-0.05, 0) is 26.7 Å². The molecule has 0 bridgehead atoms. The van der Waals surface area contributed by atoms with Crippen molar-refractivity contribution in [2.24, 2.45) is 0 Å². The Bertz CT molecular complexity index is 143. The number of hydrogen-bond acceptors (Lipinski definition) is 2. The predicted molar refractivity (Wildman–Crippen MR) is 57.8 cm³/mol. The van der Waals surface area contributed by atoms with Crippen molar-refractivity contribution in [3.8, 4) is 0 Å². The monoisotopic (exact) mass is 185 g/mol. The van der Waals surface area contributed by atoms with E-state index in [0.717, 1.165) is 25.9 Å². The molecule has 0 amide bonds. The van der Waals surface area contributed by atoms with E-state index in [-0.39, 0.29) is 6.61 Å². The van der Waals surface area contributed by atoms with Crippen LogP contribution in [0.5, 0.6) is 0 Å². The summed E-state index contributed by atoms with van der Waals surface area (Å²) in [5.41, 5.74) is 1.27. The third-order valence-electron chi connectivity index (χ3n) is 2.26. The SMILES string of the molecule is C=C(CC)CN(CCCO)C(C)C. The first kappa shape index (κ1) is 12.7. The minimum absolute atomic E-state index is 0.280. The van der Waals surface area contributed by atoms with Gasteiger partial charge in [-0.2, -0.15) is 0 Å². The largest absolute Gasteiger partial charge is 0.396 e. The normalized spacial score (nSPS) is 11.2. The second kappa shape index (κ2) is 7.10. The van der Waals surface area contributed by atoms with Crippen LogP contribution in [0.1, 0.15) is 33.6 Å². The van der Waals surface area contributed by atoms with Gasteiger partial charge in [-0.25, -0.2) is 0 Å². The Morgan fingerprint density at radius 2 is 2.08 bits per heavy atom. The molecule has 0 aliphatic heterocycles. The first-order valence-corrected chi connectivity index (χ1v) is 5.13. The van der Waals surface area contributed by atoms with Crippen LogP contribution in [0.2, 0.25) is 0 Å². The first-order valence-electron chi connectivity index (χ1n) is 5.13. The van der Waals surface area contributed by atoms with Gasteiger partial charge in [0.1, 0.15) is 0 Å². The molecule has 0 aromatic rings. The van der Waals surface area contributed by atoms with Crippen LogP contribution >= 0.6 is 0 Å². The van der Waals surface area contributed by atoms with Crippen LogP contribution in [-0.4, -0.2) is 35.7 Å². The van der Waals surface area contributed by atoms with Gasteiger partial charge >= 0.3 is 0 Å². The van der Waals surface area contributed by atoms with Gasteiger partial charge in [-0.1, -0.05) is 19.1 Å². The van der Waals surface area contributed by atoms with Crippen molar-refractivity contribution in [2.45, 2.75) is 39.7 Å². The molecule has 0 aliphatic rings. The van der Waals surface area contributed by atoms with E-state index in [4.69, 9.17) is 5.11 Å². The number of aliphatic hydroxyl groups is 1. The number of aliphatic hydroxyl groups excluding tert-OH is 1. The van der Waals surface area contributed by atoms with Crippen molar-refractivity contribution in [1.82, 2.24) is 4.90 Å². The van der Waals surface area contributed by atoms with Crippen molar-refractivity contribution in [1.29, 1.82) is 0 Å². The van der Waals surface area contributed by atoms with Gasteiger partial charge in [0.25, 0.3) is 0 Å². The van der Waals surface area contributed by atoms with Crippen LogP contribution < -0.4 is 0 Å². The molecule has 78 valence electrons. The molecule has 0 aliphatic carbocycles. The lowest BCUT2D eigenvalue weighted by atomic mass is 10.2. The lowest BCUT2D eigenvalue weighted by molar-refractivity contribution is 0.203. The van der Waals surface area contributed by atoms with E-state index in [1.165, 1.54) is 5.57 Å².